The molecule has 1 amide bonds. The second-order valence-electron chi connectivity index (χ2n) is 8.35. The van der Waals surface area contributed by atoms with Gasteiger partial charge in [-0.2, -0.15) is 0 Å². The summed E-state index contributed by atoms with van der Waals surface area (Å²) in [5.74, 6) is 0.260. The van der Waals surface area contributed by atoms with Crippen molar-refractivity contribution in [2.75, 3.05) is 6.54 Å². The van der Waals surface area contributed by atoms with Crippen LogP contribution in [-0.4, -0.2) is 27.5 Å². The van der Waals surface area contributed by atoms with Gasteiger partial charge in [0.25, 0.3) is 5.91 Å². The zero-order valence-electron chi connectivity index (χ0n) is 17.2. The fraction of sp³-hybridized carbons (Fsp3) is 0.240. The van der Waals surface area contributed by atoms with E-state index in [2.05, 4.69) is 5.16 Å². The van der Waals surface area contributed by atoms with Gasteiger partial charge >= 0.3 is 0 Å². The highest BCUT2D eigenvalue weighted by Crippen LogP contribution is 2.35. The second-order valence-corrected chi connectivity index (χ2v) is 8.78. The SMILES string of the molecule is O=C(c1c2c(nc3ccc(Cl)cc13)CCC2)N1CCc2noc(-c3ccc(F)cc3)c2C1. The summed E-state index contributed by atoms with van der Waals surface area (Å²) in [5, 5.41) is 5.60. The number of carbonyl (C=O) groups is 1. The van der Waals surface area contributed by atoms with E-state index in [0.29, 0.717) is 35.9 Å². The number of hydrogen-bond acceptors (Lipinski definition) is 4. The molecular formula is C25H19ClFN3O2. The molecule has 7 heteroatoms. The van der Waals surface area contributed by atoms with Crippen molar-refractivity contribution in [3.8, 4) is 11.3 Å². The molecule has 2 aromatic heterocycles. The number of carbonyl (C=O) groups excluding carboxylic acids is 1. The minimum atomic E-state index is -0.309. The molecule has 4 aromatic rings. The Kier molecular flexibility index (Phi) is 4.50. The van der Waals surface area contributed by atoms with E-state index in [0.717, 1.165) is 58.2 Å². The first-order valence-electron chi connectivity index (χ1n) is 10.7. The monoisotopic (exact) mass is 447 g/mol. The van der Waals surface area contributed by atoms with Gasteiger partial charge in [0.15, 0.2) is 5.76 Å². The number of nitrogens with zero attached hydrogens (tertiary/aromatic N) is 3. The zero-order chi connectivity index (χ0) is 21.8. The lowest BCUT2D eigenvalue weighted by molar-refractivity contribution is 0.0735. The second kappa shape index (κ2) is 7.41. The van der Waals surface area contributed by atoms with Gasteiger partial charge in [0, 0.05) is 40.2 Å². The van der Waals surface area contributed by atoms with Gasteiger partial charge in [-0.3, -0.25) is 9.78 Å². The third-order valence-electron chi connectivity index (χ3n) is 6.42. The maximum atomic E-state index is 13.9. The van der Waals surface area contributed by atoms with Crippen molar-refractivity contribution in [2.45, 2.75) is 32.2 Å². The Morgan fingerprint density at radius 1 is 1.03 bits per heavy atom. The van der Waals surface area contributed by atoms with E-state index < -0.39 is 0 Å². The van der Waals surface area contributed by atoms with Crippen molar-refractivity contribution in [2.24, 2.45) is 0 Å². The molecule has 2 aromatic carbocycles. The maximum absolute atomic E-state index is 13.9. The van der Waals surface area contributed by atoms with Gasteiger partial charge in [0.05, 0.1) is 23.3 Å². The molecule has 6 rings (SSSR count). The molecule has 1 aliphatic heterocycles. The quantitative estimate of drug-likeness (QED) is 0.414. The number of amides is 1. The predicted molar refractivity (Wildman–Crippen MR) is 119 cm³/mol. The third-order valence-corrected chi connectivity index (χ3v) is 6.65. The molecule has 0 saturated carbocycles. The summed E-state index contributed by atoms with van der Waals surface area (Å²) in [6.07, 6.45) is 3.34. The number of hydrogen-bond donors (Lipinski definition) is 0. The Balaban J connectivity index is 1.41. The fourth-order valence-corrected chi connectivity index (χ4v) is 5.02. The van der Waals surface area contributed by atoms with Crippen LogP contribution in [0.15, 0.2) is 47.0 Å². The van der Waals surface area contributed by atoms with Gasteiger partial charge in [-0.1, -0.05) is 16.8 Å². The fourth-order valence-electron chi connectivity index (χ4n) is 4.85. The van der Waals surface area contributed by atoms with Crippen LogP contribution < -0.4 is 0 Å². The highest BCUT2D eigenvalue weighted by Gasteiger charge is 2.31. The lowest BCUT2D eigenvalue weighted by Crippen LogP contribution is -2.36. The van der Waals surface area contributed by atoms with Gasteiger partial charge in [-0.05, 0) is 67.3 Å². The van der Waals surface area contributed by atoms with Crippen LogP contribution in [0.2, 0.25) is 5.02 Å². The molecule has 160 valence electrons. The number of pyridine rings is 1. The largest absolute Gasteiger partial charge is 0.356 e. The van der Waals surface area contributed by atoms with Gasteiger partial charge in [0.1, 0.15) is 5.82 Å². The number of fused-ring (bicyclic) bond motifs is 3. The summed E-state index contributed by atoms with van der Waals surface area (Å²) in [5.41, 5.74) is 6.04. The maximum Gasteiger partial charge on any atom is 0.255 e. The van der Waals surface area contributed by atoms with Crippen molar-refractivity contribution in [1.29, 1.82) is 0 Å². The van der Waals surface area contributed by atoms with Crippen molar-refractivity contribution < 1.29 is 13.7 Å². The number of halogens is 2. The van der Waals surface area contributed by atoms with E-state index in [1.165, 1.54) is 12.1 Å². The van der Waals surface area contributed by atoms with Crippen molar-refractivity contribution in [3.05, 3.63) is 81.4 Å². The van der Waals surface area contributed by atoms with E-state index >= 15 is 0 Å². The lowest BCUT2D eigenvalue weighted by atomic mass is 9.97. The topological polar surface area (TPSA) is 59.2 Å². The molecule has 0 radical (unpaired) electrons. The van der Waals surface area contributed by atoms with Gasteiger partial charge < -0.3 is 9.42 Å². The summed E-state index contributed by atoms with van der Waals surface area (Å²) < 4.78 is 19.0. The molecule has 3 heterocycles. The predicted octanol–water partition coefficient (Wildman–Crippen LogP) is 5.37. The number of aryl methyl sites for hydroxylation is 1. The molecule has 5 nitrogen and oxygen atoms in total. The molecule has 0 N–H and O–H groups in total. The van der Waals surface area contributed by atoms with Crippen LogP contribution in [0.5, 0.6) is 0 Å². The number of benzene rings is 2. The molecule has 1 aliphatic carbocycles. The molecule has 0 fully saturated rings. The van der Waals surface area contributed by atoms with E-state index in [-0.39, 0.29) is 11.7 Å². The van der Waals surface area contributed by atoms with Crippen LogP contribution in [0.1, 0.15) is 39.3 Å². The standard InChI is InChI=1S/C25H19ClFN3O2/c26-15-6-9-21-18(12-15)23(17-2-1-3-20(17)28-21)25(31)30-11-10-22-19(13-30)24(32-29-22)14-4-7-16(27)8-5-14/h4-9,12H,1-3,10-11,13H2. The molecule has 0 spiro atoms. The zero-order valence-corrected chi connectivity index (χ0v) is 18.0. The molecular weight excluding hydrogens is 429 g/mol. The van der Waals surface area contributed by atoms with Crippen LogP contribution >= 0.6 is 11.6 Å². The summed E-state index contributed by atoms with van der Waals surface area (Å²) in [7, 11) is 0. The van der Waals surface area contributed by atoms with Crippen LogP contribution in [0.4, 0.5) is 4.39 Å². The highest BCUT2D eigenvalue weighted by atomic mass is 35.5. The number of rotatable bonds is 2. The van der Waals surface area contributed by atoms with Crippen LogP contribution in [0, 0.1) is 5.82 Å². The minimum absolute atomic E-state index is 0.0188. The number of aromatic nitrogens is 2. The Morgan fingerprint density at radius 2 is 1.88 bits per heavy atom. The van der Waals surface area contributed by atoms with Crippen LogP contribution in [0.3, 0.4) is 0 Å². The molecule has 0 unspecified atom stereocenters. The lowest BCUT2D eigenvalue weighted by Gasteiger charge is -2.28. The first-order chi connectivity index (χ1) is 15.6. The van der Waals surface area contributed by atoms with Gasteiger partial charge in [-0.25, -0.2) is 4.39 Å². The Bertz CT molecular complexity index is 1380. The Hall–Kier alpha value is -3.25. The minimum Gasteiger partial charge on any atom is -0.356 e. The average Bonchev–Trinajstić information content (AvgIpc) is 3.44. The summed E-state index contributed by atoms with van der Waals surface area (Å²) >= 11 is 6.28. The normalized spacial score (nSPS) is 15.1. The van der Waals surface area contributed by atoms with E-state index in [1.54, 1.807) is 12.1 Å². The summed E-state index contributed by atoms with van der Waals surface area (Å²) in [6.45, 7) is 0.948. The van der Waals surface area contributed by atoms with Crippen LogP contribution in [0.25, 0.3) is 22.2 Å². The first kappa shape index (κ1) is 19.4. The van der Waals surface area contributed by atoms with Gasteiger partial charge in [-0.15, -0.1) is 0 Å². The van der Waals surface area contributed by atoms with E-state index in [4.69, 9.17) is 21.1 Å². The molecule has 32 heavy (non-hydrogen) atoms. The Morgan fingerprint density at radius 3 is 2.72 bits per heavy atom. The molecule has 0 atom stereocenters. The summed E-state index contributed by atoms with van der Waals surface area (Å²) in [4.78, 5) is 20.5. The van der Waals surface area contributed by atoms with Gasteiger partial charge in [0.2, 0.25) is 0 Å². The first-order valence-corrected chi connectivity index (χ1v) is 11.1. The van der Waals surface area contributed by atoms with E-state index in [1.807, 2.05) is 23.1 Å². The smallest absolute Gasteiger partial charge is 0.255 e. The van der Waals surface area contributed by atoms with Crippen molar-refractivity contribution >= 4 is 28.4 Å². The Labute approximate surface area is 188 Å². The van der Waals surface area contributed by atoms with E-state index in [9.17, 15) is 9.18 Å². The molecule has 0 saturated heterocycles. The highest BCUT2D eigenvalue weighted by molar-refractivity contribution is 6.31. The average molecular weight is 448 g/mol. The molecule has 2 aliphatic rings. The summed E-state index contributed by atoms with van der Waals surface area (Å²) in [6, 6.07) is 11.7. The van der Waals surface area contributed by atoms with Crippen molar-refractivity contribution in [3.63, 3.8) is 0 Å². The molecule has 0 bridgehead atoms. The van der Waals surface area contributed by atoms with Crippen molar-refractivity contribution in [1.82, 2.24) is 15.0 Å². The third kappa shape index (κ3) is 3.09. The van der Waals surface area contributed by atoms with Crippen LogP contribution in [-0.2, 0) is 25.8 Å².